The lowest BCUT2D eigenvalue weighted by Crippen LogP contribution is -2.47. The first kappa shape index (κ1) is 13.3. The highest BCUT2D eigenvalue weighted by molar-refractivity contribution is 9.10. The molecule has 0 unspecified atom stereocenters. The number of halogens is 1. The average molecular weight is 348 g/mol. The number of piperidine rings is 1. The molecule has 1 spiro atoms. The van der Waals surface area contributed by atoms with Crippen molar-refractivity contribution in [3.8, 4) is 5.75 Å². The van der Waals surface area contributed by atoms with Crippen molar-refractivity contribution in [2.75, 3.05) is 13.1 Å². The highest BCUT2D eigenvalue weighted by atomic mass is 79.9. The lowest BCUT2D eigenvalue weighted by molar-refractivity contribution is 0.0167. The number of fused-ring (bicyclic) bond motifs is 1. The second kappa shape index (κ2) is 5.14. The van der Waals surface area contributed by atoms with Gasteiger partial charge in [0.1, 0.15) is 11.4 Å². The molecule has 0 bridgehead atoms. The molecule has 0 saturated carbocycles. The summed E-state index contributed by atoms with van der Waals surface area (Å²) in [5.41, 5.74) is 2.55. The first-order chi connectivity index (χ1) is 10.2. The maximum atomic E-state index is 6.31. The van der Waals surface area contributed by atoms with Gasteiger partial charge >= 0.3 is 0 Å². The standard InChI is InChI=1S/C16H18BrN3O/c17-13-1-2-15-12(7-13)8-16(21-15)3-5-20(6-4-16)10-14-9-18-11-19-14/h1-2,7,9,11H,3-6,8,10H2,(H,18,19). The summed E-state index contributed by atoms with van der Waals surface area (Å²) < 4.78 is 7.44. The van der Waals surface area contributed by atoms with Crippen molar-refractivity contribution in [1.82, 2.24) is 14.9 Å². The topological polar surface area (TPSA) is 41.2 Å². The van der Waals surface area contributed by atoms with Crippen LogP contribution >= 0.6 is 15.9 Å². The van der Waals surface area contributed by atoms with Crippen molar-refractivity contribution in [3.63, 3.8) is 0 Å². The lowest BCUT2D eigenvalue weighted by atomic mass is 9.87. The van der Waals surface area contributed by atoms with Crippen molar-refractivity contribution in [2.24, 2.45) is 0 Å². The van der Waals surface area contributed by atoms with E-state index in [0.717, 1.165) is 49.1 Å². The van der Waals surface area contributed by atoms with Crippen LogP contribution in [0.25, 0.3) is 0 Å². The van der Waals surface area contributed by atoms with Crippen LogP contribution < -0.4 is 4.74 Å². The van der Waals surface area contributed by atoms with E-state index in [2.05, 4.69) is 49.0 Å². The van der Waals surface area contributed by atoms with Crippen molar-refractivity contribution >= 4 is 15.9 Å². The van der Waals surface area contributed by atoms with E-state index < -0.39 is 0 Å². The minimum absolute atomic E-state index is 0.0214. The van der Waals surface area contributed by atoms with Crippen LogP contribution in [-0.2, 0) is 13.0 Å². The zero-order valence-corrected chi connectivity index (χ0v) is 13.4. The van der Waals surface area contributed by atoms with Gasteiger partial charge in [0.25, 0.3) is 0 Å². The average Bonchev–Trinajstić information content (AvgIpc) is 3.09. The second-order valence-electron chi connectivity index (χ2n) is 6.07. The van der Waals surface area contributed by atoms with Crippen LogP contribution in [0.5, 0.6) is 5.75 Å². The third-order valence-electron chi connectivity index (χ3n) is 4.58. The lowest BCUT2D eigenvalue weighted by Gasteiger charge is -2.38. The van der Waals surface area contributed by atoms with E-state index in [1.165, 1.54) is 11.3 Å². The Kier molecular flexibility index (Phi) is 3.27. The molecule has 3 heterocycles. The van der Waals surface area contributed by atoms with Crippen molar-refractivity contribution in [3.05, 3.63) is 46.5 Å². The Morgan fingerprint density at radius 3 is 2.95 bits per heavy atom. The molecule has 1 N–H and O–H groups in total. The smallest absolute Gasteiger partial charge is 0.123 e. The number of hydrogen-bond donors (Lipinski definition) is 1. The number of nitrogens with one attached hydrogen (secondary N) is 1. The maximum Gasteiger partial charge on any atom is 0.123 e. The van der Waals surface area contributed by atoms with Gasteiger partial charge in [0, 0.05) is 55.3 Å². The minimum atomic E-state index is 0.0214. The summed E-state index contributed by atoms with van der Waals surface area (Å²) in [4.78, 5) is 9.73. The van der Waals surface area contributed by atoms with Crippen LogP contribution in [0, 0.1) is 0 Å². The number of hydrogen-bond acceptors (Lipinski definition) is 3. The Bertz CT molecular complexity index is 633. The second-order valence-corrected chi connectivity index (χ2v) is 6.98. The molecule has 1 aromatic heterocycles. The Hall–Kier alpha value is -1.33. The molecule has 0 aliphatic carbocycles. The number of ether oxygens (including phenoxy) is 1. The van der Waals surface area contributed by atoms with Gasteiger partial charge < -0.3 is 9.72 Å². The van der Waals surface area contributed by atoms with Gasteiger partial charge in [-0.3, -0.25) is 4.90 Å². The van der Waals surface area contributed by atoms with Crippen LogP contribution in [-0.4, -0.2) is 33.6 Å². The van der Waals surface area contributed by atoms with Gasteiger partial charge in [-0.25, -0.2) is 4.98 Å². The van der Waals surface area contributed by atoms with Gasteiger partial charge in [0.2, 0.25) is 0 Å². The maximum absolute atomic E-state index is 6.31. The zero-order valence-electron chi connectivity index (χ0n) is 11.8. The quantitative estimate of drug-likeness (QED) is 0.907. The first-order valence-electron chi connectivity index (χ1n) is 7.40. The predicted molar refractivity (Wildman–Crippen MR) is 84.3 cm³/mol. The molecular weight excluding hydrogens is 330 g/mol. The Balaban J connectivity index is 1.42. The summed E-state index contributed by atoms with van der Waals surface area (Å²) in [7, 11) is 0. The molecule has 0 atom stereocenters. The molecule has 5 heteroatoms. The summed E-state index contributed by atoms with van der Waals surface area (Å²) in [6.45, 7) is 3.11. The molecule has 0 radical (unpaired) electrons. The van der Waals surface area contributed by atoms with E-state index in [1.807, 2.05) is 6.20 Å². The van der Waals surface area contributed by atoms with E-state index in [4.69, 9.17) is 4.74 Å². The third kappa shape index (κ3) is 2.60. The summed E-state index contributed by atoms with van der Waals surface area (Å²) >= 11 is 3.55. The normalized spacial score (nSPS) is 20.4. The summed E-state index contributed by atoms with van der Waals surface area (Å²) in [5.74, 6) is 1.07. The summed E-state index contributed by atoms with van der Waals surface area (Å²) in [5, 5.41) is 0. The number of benzene rings is 1. The third-order valence-corrected chi connectivity index (χ3v) is 5.07. The monoisotopic (exact) mass is 347 g/mol. The Morgan fingerprint density at radius 1 is 1.33 bits per heavy atom. The largest absolute Gasteiger partial charge is 0.487 e. The van der Waals surface area contributed by atoms with E-state index >= 15 is 0 Å². The first-order valence-corrected chi connectivity index (χ1v) is 8.19. The molecule has 1 saturated heterocycles. The molecule has 2 aliphatic rings. The van der Waals surface area contributed by atoms with Crippen LogP contribution in [0.2, 0.25) is 0 Å². The SMILES string of the molecule is Brc1ccc2c(c1)CC1(CCN(Cc3cnc[nH]3)CC1)O2. The van der Waals surface area contributed by atoms with Gasteiger partial charge in [0.15, 0.2) is 0 Å². The number of rotatable bonds is 2. The molecule has 21 heavy (non-hydrogen) atoms. The summed E-state index contributed by atoms with van der Waals surface area (Å²) in [6.07, 6.45) is 6.87. The molecule has 4 nitrogen and oxygen atoms in total. The van der Waals surface area contributed by atoms with Crippen molar-refractivity contribution in [1.29, 1.82) is 0 Å². The number of nitrogens with zero attached hydrogens (tertiary/aromatic N) is 2. The Labute approximate surface area is 132 Å². The molecule has 2 aliphatic heterocycles. The molecule has 1 aromatic carbocycles. The highest BCUT2D eigenvalue weighted by Gasteiger charge is 2.41. The van der Waals surface area contributed by atoms with E-state index in [0.29, 0.717) is 0 Å². The molecule has 110 valence electrons. The van der Waals surface area contributed by atoms with E-state index in [9.17, 15) is 0 Å². The van der Waals surface area contributed by atoms with Crippen LogP contribution in [0.1, 0.15) is 24.1 Å². The molecule has 0 amide bonds. The molecular formula is C16H18BrN3O. The van der Waals surface area contributed by atoms with Gasteiger partial charge in [0.05, 0.1) is 6.33 Å². The Morgan fingerprint density at radius 2 is 2.19 bits per heavy atom. The van der Waals surface area contributed by atoms with E-state index in [1.54, 1.807) is 6.33 Å². The number of H-pyrrole nitrogens is 1. The summed E-state index contributed by atoms with van der Waals surface area (Å²) in [6, 6.07) is 6.34. The molecule has 1 fully saturated rings. The highest BCUT2D eigenvalue weighted by Crippen LogP contribution is 2.42. The van der Waals surface area contributed by atoms with Crippen molar-refractivity contribution < 1.29 is 4.74 Å². The van der Waals surface area contributed by atoms with Crippen LogP contribution in [0.15, 0.2) is 35.2 Å². The van der Waals surface area contributed by atoms with Crippen LogP contribution in [0.3, 0.4) is 0 Å². The van der Waals surface area contributed by atoms with Gasteiger partial charge in [-0.1, -0.05) is 15.9 Å². The predicted octanol–water partition coefficient (Wildman–Crippen LogP) is 3.14. The fraction of sp³-hybridized carbons (Fsp3) is 0.438. The number of aromatic nitrogens is 2. The minimum Gasteiger partial charge on any atom is -0.487 e. The van der Waals surface area contributed by atoms with Gasteiger partial charge in [-0.2, -0.15) is 0 Å². The molecule has 4 rings (SSSR count). The fourth-order valence-electron chi connectivity index (χ4n) is 3.41. The molecule has 2 aromatic rings. The zero-order chi connectivity index (χ0) is 14.3. The number of imidazole rings is 1. The fourth-order valence-corrected chi connectivity index (χ4v) is 3.82. The number of aromatic amines is 1. The van der Waals surface area contributed by atoms with Gasteiger partial charge in [-0.05, 0) is 23.8 Å². The van der Waals surface area contributed by atoms with Crippen molar-refractivity contribution in [2.45, 2.75) is 31.4 Å². The van der Waals surface area contributed by atoms with Gasteiger partial charge in [-0.15, -0.1) is 0 Å². The van der Waals surface area contributed by atoms with E-state index in [-0.39, 0.29) is 5.60 Å². The van der Waals surface area contributed by atoms with Crippen LogP contribution in [0.4, 0.5) is 0 Å². The number of likely N-dealkylation sites (tertiary alicyclic amines) is 1.